The third-order valence-electron chi connectivity index (χ3n) is 11.1. The van der Waals surface area contributed by atoms with Gasteiger partial charge in [-0.1, -0.05) is 43.2 Å². The molecule has 5 heterocycles. The van der Waals surface area contributed by atoms with Crippen LogP contribution in [0.15, 0.2) is 61.2 Å². The number of pyridine rings is 1. The van der Waals surface area contributed by atoms with Gasteiger partial charge in [0, 0.05) is 43.1 Å². The lowest BCUT2D eigenvalue weighted by molar-refractivity contribution is -0.140. The number of ether oxygens (including phenoxy) is 1. The SMILES string of the molecule is Cn1ccc(C(=O)N[C@H]2CCCCC/C=C\[C@@H]3C[C@@]3(C(=O)NS(=O)(=O)C3CC3)CC(=O)[C@@H]3C[C@@H](Oc4nc5ncncc5c5ccccc45)CN3C2=O)n1. The van der Waals surface area contributed by atoms with Crippen LogP contribution in [-0.4, -0.2) is 91.5 Å². The zero-order valence-electron chi connectivity index (χ0n) is 29.9. The first-order valence-electron chi connectivity index (χ1n) is 18.5. The molecule has 1 saturated heterocycles. The van der Waals surface area contributed by atoms with Crippen LogP contribution in [0.5, 0.6) is 5.88 Å². The average Bonchev–Trinajstić information content (AvgIpc) is 4.05. The Kier molecular flexibility index (Phi) is 9.40. The molecule has 2 N–H and O–H groups in total. The number of allylic oxidation sites excluding steroid dienone is 2. The van der Waals surface area contributed by atoms with Crippen LogP contribution in [0.2, 0.25) is 0 Å². The highest BCUT2D eigenvalue weighted by Gasteiger charge is 2.61. The summed E-state index contributed by atoms with van der Waals surface area (Å²) in [6.07, 6.45) is 12.4. The van der Waals surface area contributed by atoms with Crippen molar-refractivity contribution in [1.82, 2.24) is 39.7 Å². The van der Waals surface area contributed by atoms with E-state index in [0.29, 0.717) is 43.1 Å². The minimum absolute atomic E-state index is 0.0155. The fraction of sp³-hybridized carbons (Fsp3) is 0.474. The number of carbonyl (C=O) groups is 4. The molecule has 54 heavy (non-hydrogen) atoms. The number of aromatic nitrogens is 5. The molecule has 2 aliphatic heterocycles. The molecule has 4 aliphatic rings. The molecule has 282 valence electrons. The molecule has 3 amide bonds. The Bertz CT molecular complexity index is 2290. The Hall–Kier alpha value is -5.25. The van der Waals surface area contributed by atoms with Crippen molar-refractivity contribution in [2.75, 3.05) is 6.54 Å². The second-order valence-corrected chi connectivity index (χ2v) is 16.9. The van der Waals surface area contributed by atoms with E-state index in [1.165, 1.54) is 15.9 Å². The normalized spacial score (nSPS) is 27.0. The van der Waals surface area contributed by atoms with Crippen molar-refractivity contribution < 1.29 is 32.3 Å². The van der Waals surface area contributed by atoms with Crippen molar-refractivity contribution in [2.45, 2.75) is 87.6 Å². The van der Waals surface area contributed by atoms with Gasteiger partial charge in [-0.05, 0) is 62.0 Å². The first-order chi connectivity index (χ1) is 26.0. The lowest BCUT2D eigenvalue weighted by Gasteiger charge is -2.29. The van der Waals surface area contributed by atoms with Gasteiger partial charge in [-0.25, -0.2) is 18.4 Å². The van der Waals surface area contributed by atoms with E-state index in [1.807, 2.05) is 36.4 Å². The molecule has 2 saturated carbocycles. The number of hydrogen-bond donors (Lipinski definition) is 2. The van der Waals surface area contributed by atoms with Gasteiger partial charge in [0.05, 0.1) is 23.3 Å². The monoisotopic (exact) mass is 754 g/mol. The van der Waals surface area contributed by atoms with Gasteiger partial charge in [-0.2, -0.15) is 10.1 Å². The summed E-state index contributed by atoms with van der Waals surface area (Å²) in [5, 5.41) is 8.77. The second-order valence-electron chi connectivity index (χ2n) is 15.0. The lowest BCUT2D eigenvalue weighted by atomic mass is 9.91. The number of aryl methyl sites for hydroxylation is 1. The maximum Gasteiger partial charge on any atom is 0.272 e. The zero-order valence-corrected chi connectivity index (χ0v) is 30.7. The number of hydrogen-bond acceptors (Lipinski definition) is 11. The molecule has 3 fully saturated rings. The Morgan fingerprint density at radius 1 is 1.02 bits per heavy atom. The third kappa shape index (κ3) is 7.06. The molecular weight excluding hydrogens is 713 g/mol. The predicted octanol–water partition coefficient (Wildman–Crippen LogP) is 3.15. The summed E-state index contributed by atoms with van der Waals surface area (Å²) in [4.78, 5) is 70.9. The summed E-state index contributed by atoms with van der Waals surface area (Å²) < 4.78 is 36.1. The minimum Gasteiger partial charge on any atom is -0.472 e. The molecule has 1 aromatic carbocycles. The molecule has 5 atom stereocenters. The first-order valence-corrected chi connectivity index (χ1v) is 20.1. The molecule has 15 nitrogen and oxygen atoms in total. The Balaban J connectivity index is 1.12. The van der Waals surface area contributed by atoms with E-state index < -0.39 is 56.6 Å². The summed E-state index contributed by atoms with van der Waals surface area (Å²) in [6.45, 7) is 0.0155. The number of Topliss-reactive ketones (excluding diaryl/α,β-unsaturated/α-hetero) is 1. The fourth-order valence-corrected chi connectivity index (χ4v) is 9.25. The highest BCUT2D eigenvalue weighted by molar-refractivity contribution is 7.90. The molecule has 0 radical (unpaired) electrons. The van der Waals surface area contributed by atoms with Crippen LogP contribution >= 0.6 is 0 Å². The van der Waals surface area contributed by atoms with Crippen molar-refractivity contribution in [3.63, 3.8) is 0 Å². The number of carbonyl (C=O) groups excluding carboxylic acids is 4. The molecular formula is C38H42N8O7S. The molecule has 4 aromatic rings. The quantitative estimate of drug-likeness (QED) is 0.208. The van der Waals surface area contributed by atoms with E-state index in [-0.39, 0.29) is 42.7 Å². The van der Waals surface area contributed by atoms with Gasteiger partial charge in [0.15, 0.2) is 11.4 Å². The van der Waals surface area contributed by atoms with E-state index in [0.717, 1.165) is 30.0 Å². The number of benzene rings is 1. The molecule has 0 spiro atoms. The van der Waals surface area contributed by atoms with Crippen LogP contribution in [0, 0.1) is 11.3 Å². The Morgan fingerprint density at radius 3 is 2.61 bits per heavy atom. The van der Waals surface area contributed by atoms with Crippen LogP contribution in [0.1, 0.15) is 74.7 Å². The Morgan fingerprint density at radius 2 is 1.83 bits per heavy atom. The summed E-state index contributed by atoms with van der Waals surface area (Å²) in [5.74, 6) is -2.04. The van der Waals surface area contributed by atoms with Crippen molar-refractivity contribution in [1.29, 1.82) is 0 Å². The number of fused-ring (bicyclic) bond motifs is 5. The van der Waals surface area contributed by atoms with Crippen LogP contribution in [0.3, 0.4) is 0 Å². The summed E-state index contributed by atoms with van der Waals surface area (Å²) >= 11 is 0. The summed E-state index contributed by atoms with van der Waals surface area (Å²) in [6, 6.07) is 7.15. The van der Waals surface area contributed by atoms with Gasteiger partial charge in [0.1, 0.15) is 24.2 Å². The van der Waals surface area contributed by atoms with E-state index in [9.17, 15) is 27.6 Å². The predicted molar refractivity (Wildman–Crippen MR) is 196 cm³/mol. The highest BCUT2D eigenvalue weighted by Crippen LogP contribution is 2.57. The van der Waals surface area contributed by atoms with Crippen LogP contribution in [-0.2, 0) is 31.5 Å². The van der Waals surface area contributed by atoms with Crippen molar-refractivity contribution in [3.05, 3.63) is 66.9 Å². The zero-order chi connectivity index (χ0) is 37.6. The maximum absolute atomic E-state index is 14.6. The third-order valence-corrected chi connectivity index (χ3v) is 12.9. The van der Waals surface area contributed by atoms with Crippen LogP contribution < -0.4 is 14.8 Å². The molecule has 8 rings (SSSR count). The second kappa shape index (κ2) is 14.2. The van der Waals surface area contributed by atoms with Gasteiger partial charge in [0.25, 0.3) is 5.91 Å². The van der Waals surface area contributed by atoms with Gasteiger partial charge < -0.3 is 15.0 Å². The molecule has 0 unspecified atom stereocenters. The highest BCUT2D eigenvalue weighted by atomic mass is 32.2. The van der Waals surface area contributed by atoms with Crippen molar-refractivity contribution in [2.24, 2.45) is 18.4 Å². The average molecular weight is 755 g/mol. The van der Waals surface area contributed by atoms with Crippen molar-refractivity contribution in [3.8, 4) is 5.88 Å². The van der Waals surface area contributed by atoms with Gasteiger partial charge >= 0.3 is 0 Å². The van der Waals surface area contributed by atoms with E-state index in [1.54, 1.807) is 25.5 Å². The fourth-order valence-electron chi connectivity index (χ4n) is 7.87. The van der Waals surface area contributed by atoms with Gasteiger partial charge in [-0.3, -0.25) is 28.6 Å². The first kappa shape index (κ1) is 35.8. The van der Waals surface area contributed by atoms with Crippen molar-refractivity contribution >= 4 is 55.3 Å². The number of sulfonamides is 1. The molecule has 3 aromatic heterocycles. The minimum atomic E-state index is -3.86. The van der Waals surface area contributed by atoms with E-state index >= 15 is 0 Å². The standard InChI is InChI=1S/C38H42N8O7S/c1-45-16-15-29(43-45)34(48)41-30-12-6-4-2-3-5-9-23-18-38(23,37(50)44-54(51,52)25-13-14-25)19-32(47)31-17-24(21-46(31)36(30)49)53-35-27-11-8-7-10-26(27)28-20-39-22-40-33(28)42-35/h5,7-11,15-16,20,22-25,30-31H,2-4,6,12-14,17-19,21H2,1H3,(H,41,48)(H,44,50)/b9-5-/t23-,24-,30+,31+,38-/m1/s1. The molecule has 0 bridgehead atoms. The van der Waals surface area contributed by atoms with E-state index in [4.69, 9.17) is 9.72 Å². The van der Waals surface area contributed by atoms with Gasteiger partial charge in [-0.15, -0.1) is 0 Å². The van der Waals surface area contributed by atoms with Crippen LogP contribution in [0.4, 0.5) is 0 Å². The summed E-state index contributed by atoms with van der Waals surface area (Å²) in [5.41, 5.74) is -0.669. The number of nitrogens with one attached hydrogen (secondary N) is 2. The number of amides is 3. The topological polar surface area (TPSA) is 195 Å². The number of nitrogens with zero attached hydrogens (tertiary/aromatic N) is 6. The molecule has 16 heteroatoms. The molecule has 2 aliphatic carbocycles. The Labute approximate surface area is 312 Å². The lowest BCUT2D eigenvalue weighted by Crippen LogP contribution is -2.52. The van der Waals surface area contributed by atoms with E-state index in [2.05, 4.69) is 25.1 Å². The smallest absolute Gasteiger partial charge is 0.272 e. The maximum atomic E-state index is 14.6. The van der Waals surface area contributed by atoms with Crippen LogP contribution in [0.25, 0.3) is 21.8 Å². The van der Waals surface area contributed by atoms with Gasteiger partial charge in [0.2, 0.25) is 27.7 Å². The number of ketones is 1. The summed E-state index contributed by atoms with van der Waals surface area (Å²) in [7, 11) is -2.16. The largest absolute Gasteiger partial charge is 0.472 e. The number of rotatable bonds is 7.